The van der Waals surface area contributed by atoms with Crippen LogP contribution in [0.2, 0.25) is 5.02 Å². The van der Waals surface area contributed by atoms with Crippen LogP contribution >= 0.6 is 34.3 Å². The second-order valence-electron chi connectivity index (χ2n) is 9.72. The minimum atomic E-state index is -5.05. The van der Waals surface area contributed by atoms with Crippen LogP contribution < -0.4 is 13.7 Å². The van der Waals surface area contributed by atoms with Gasteiger partial charge in [-0.05, 0) is 38.0 Å². The van der Waals surface area contributed by atoms with E-state index in [9.17, 15) is 43.2 Å². The van der Waals surface area contributed by atoms with Crippen LogP contribution in [0.5, 0.6) is 0 Å². The summed E-state index contributed by atoms with van der Waals surface area (Å²) >= 11 is 7.50. The van der Waals surface area contributed by atoms with Crippen LogP contribution in [0.1, 0.15) is 28.3 Å². The number of sulfonamides is 3. The van der Waals surface area contributed by atoms with Gasteiger partial charge in [0.1, 0.15) is 17.5 Å². The number of aromatic nitrogens is 2. The summed E-state index contributed by atoms with van der Waals surface area (Å²) in [5, 5.41) is -0.705. The molecule has 4 rings (SSSR count). The van der Waals surface area contributed by atoms with Gasteiger partial charge in [0.15, 0.2) is 16.1 Å². The van der Waals surface area contributed by atoms with Crippen molar-refractivity contribution in [3.63, 3.8) is 0 Å². The summed E-state index contributed by atoms with van der Waals surface area (Å²) in [4.78, 5) is 20.1. The molecule has 22 heteroatoms. The van der Waals surface area contributed by atoms with E-state index in [-0.39, 0.29) is 57.2 Å². The predicted octanol–water partition coefficient (Wildman–Crippen LogP) is 4.37. The molecule has 0 radical (unpaired) electrons. The average Bonchev–Trinajstić information content (AvgIpc) is 3.60. The van der Waals surface area contributed by atoms with Gasteiger partial charge in [0.25, 0.3) is 20.0 Å². The molecule has 0 spiro atoms. The lowest BCUT2D eigenvalue weighted by Gasteiger charge is -2.29. The Morgan fingerprint density at radius 1 is 1.04 bits per heavy atom. The Bertz CT molecular complexity index is 2160. The third-order valence-electron chi connectivity index (χ3n) is 6.21. The number of benzene rings is 2. The average molecular weight is 788 g/mol. The molecule has 13 nitrogen and oxygen atoms in total. The number of ether oxygens (including phenoxy) is 1. The van der Waals surface area contributed by atoms with Gasteiger partial charge in [-0.3, -0.25) is 4.72 Å². The quantitative estimate of drug-likeness (QED) is 0.174. The van der Waals surface area contributed by atoms with E-state index in [2.05, 4.69) is 14.7 Å². The number of carbonyl (C=O) groups is 1. The van der Waals surface area contributed by atoms with Crippen molar-refractivity contribution < 1.29 is 48.0 Å². The summed E-state index contributed by atoms with van der Waals surface area (Å²) in [6.07, 6.45) is 3.31. The van der Waals surface area contributed by atoms with Gasteiger partial charge in [0.2, 0.25) is 15.2 Å². The molecular formula is C26H25ClF3N5O8S5. The van der Waals surface area contributed by atoms with Gasteiger partial charge >= 0.3 is 5.97 Å². The summed E-state index contributed by atoms with van der Waals surface area (Å²) < 4.78 is 130. The van der Waals surface area contributed by atoms with Crippen LogP contribution in [0, 0.1) is 24.4 Å². The zero-order chi connectivity index (χ0) is 35.6. The number of anilines is 2. The number of hydrogen-bond donors (Lipinski definition) is 2. The van der Waals surface area contributed by atoms with E-state index >= 15 is 0 Å². The van der Waals surface area contributed by atoms with Crippen LogP contribution in [0.25, 0.3) is 0 Å². The Labute approximate surface area is 286 Å². The van der Waals surface area contributed by atoms with Crippen LogP contribution in [0.3, 0.4) is 0 Å². The van der Waals surface area contributed by atoms with E-state index in [0.717, 1.165) is 23.8 Å². The Balaban J connectivity index is 1.84. The number of nitrogens with one attached hydrogen (secondary N) is 2. The molecule has 0 aliphatic heterocycles. The van der Waals surface area contributed by atoms with Crippen LogP contribution in [0.4, 0.5) is 23.4 Å². The topological polar surface area (TPSA) is 182 Å². The number of carbonyl (C=O) groups excluding carboxylic acids is 1. The lowest BCUT2D eigenvalue weighted by molar-refractivity contribution is -0.144. The van der Waals surface area contributed by atoms with Crippen molar-refractivity contribution in [3.05, 3.63) is 80.5 Å². The van der Waals surface area contributed by atoms with E-state index in [0.29, 0.717) is 20.5 Å². The Morgan fingerprint density at radius 2 is 1.71 bits per heavy atom. The van der Waals surface area contributed by atoms with Crippen LogP contribution in [0.15, 0.2) is 52.5 Å². The first-order valence-electron chi connectivity index (χ1n) is 13.3. The number of halogens is 4. The first-order chi connectivity index (χ1) is 22.4. The first kappa shape index (κ1) is 37.5. The molecule has 0 amide bonds. The van der Waals surface area contributed by atoms with Gasteiger partial charge in [0, 0.05) is 41.0 Å². The Kier molecular flexibility index (Phi) is 11.4. The van der Waals surface area contributed by atoms with Gasteiger partial charge in [0.05, 0.1) is 22.6 Å². The molecule has 2 aromatic carbocycles. The van der Waals surface area contributed by atoms with Crippen molar-refractivity contribution in [3.8, 4) is 0 Å². The van der Waals surface area contributed by atoms with Crippen molar-refractivity contribution in [2.45, 2.75) is 36.1 Å². The largest absolute Gasteiger partial charge is 0.464 e. The fourth-order valence-electron chi connectivity index (χ4n) is 4.16. The highest BCUT2D eigenvalue weighted by Crippen LogP contribution is 2.41. The first-order valence-corrected chi connectivity index (χ1v) is 20.2. The van der Waals surface area contributed by atoms with Gasteiger partial charge in [-0.15, -0.1) is 11.3 Å². The van der Waals surface area contributed by atoms with Crippen molar-refractivity contribution >= 4 is 80.6 Å². The second-order valence-corrected chi connectivity index (χ2v) is 17.5. The van der Waals surface area contributed by atoms with Crippen LogP contribution in [-0.4, -0.2) is 60.6 Å². The third kappa shape index (κ3) is 8.44. The SMILES string of the molecule is CCOC(=O)C(c1cnc(NS(=O)(=O)c2c(F)cc(F)cc2F)s1)N(c1ncc(CCNS(C)(=O)=O)s1)S(=O)(=O)c1cccc(Cl)c1C. The standard InChI is InChI=1S/C26H25ClF3N5O8S5/c1-4-43-24(36)22(20-13-31-25(45-20)34-47(39,40)23-18(29)10-15(28)11-19(23)30)35(48(41,42)21-7-5-6-17(27)14(21)2)26-32-12-16(44-26)8-9-33-46(3,37)38/h5-7,10-13,22,33H,4,8-9H2,1-3H3,(H,31,34). The maximum absolute atomic E-state index is 14.4. The Morgan fingerprint density at radius 3 is 2.33 bits per heavy atom. The zero-order valence-electron chi connectivity index (χ0n) is 24.9. The Hall–Kier alpha value is -3.34. The lowest BCUT2D eigenvalue weighted by atomic mass is 10.2. The summed E-state index contributed by atoms with van der Waals surface area (Å²) in [5.74, 6) is -5.92. The molecule has 0 saturated carbocycles. The summed E-state index contributed by atoms with van der Waals surface area (Å²) in [7, 11) is -13.3. The summed E-state index contributed by atoms with van der Waals surface area (Å²) in [6.45, 7) is 2.64. The second kappa shape index (κ2) is 14.6. The van der Waals surface area contributed by atoms with Crippen molar-refractivity contribution in [1.82, 2.24) is 14.7 Å². The predicted molar refractivity (Wildman–Crippen MR) is 173 cm³/mol. The van der Waals surface area contributed by atoms with E-state index in [1.54, 1.807) is 0 Å². The van der Waals surface area contributed by atoms with Gasteiger partial charge in [-0.2, -0.15) is 0 Å². The monoisotopic (exact) mass is 787 g/mol. The molecular weight excluding hydrogens is 763 g/mol. The highest BCUT2D eigenvalue weighted by molar-refractivity contribution is 7.93. The molecule has 4 aromatic rings. The molecule has 48 heavy (non-hydrogen) atoms. The smallest absolute Gasteiger partial charge is 0.335 e. The molecule has 1 unspecified atom stereocenters. The van der Waals surface area contributed by atoms with E-state index in [1.807, 2.05) is 4.72 Å². The van der Waals surface area contributed by atoms with Crippen LogP contribution in [-0.2, 0) is 46.0 Å². The minimum absolute atomic E-state index is 0.0461. The van der Waals surface area contributed by atoms with E-state index < -0.39 is 69.6 Å². The fraction of sp³-hybridized carbons (Fsp3) is 0.269. The maximum Gasteiger partial charge on any atom is 0.335 e. The fourth-order valence-corrected chi connectivity index (χ4v) is 10.1. The molecule has 260 valence electrons. The minimum Gasteiger partial charge on any atom is -0.464 e. The zero-order valence-corrected chi connectivity index (χ0v) is 29.7. The number of thiazole rings is 2. The number of rotatable bonds is 14. The molecule has 0 aliphatic carbocycles. The highest BCUT2D eigenvalue weighted by atomic mass is 35.5. The van der Waals surface area contributed by atoms with Gasteiger partial charge in [-0.25, -0.2) is 62.2 Å². The third-order valence-corrected chi connectivity index (χ3v) is 12.9. The van der Waals surface area contributed by atoms with Crippen molar-refractivity contribution in [2.24, 2.45) is 0 Å². The maximum atomic E-state index is 14.4. The molecule has 2 N–H and O–H groups in total. The number of esters is 1. The lowest BCUT2D eigenvalue weighted by Crippen LogP contribution is -2.40. The highest BCUT2D eigenvalue weighted by Gasteiger charge is 2.42. The van der Waals surface area contributed by atoms with E-state index in [4.69, 9.17) is 16.3 Å². The van der Waals surface area contributed by atoms with Crippen molar-refractivity contribution in [1.29, 1.82) is 0 Å². The molecule has 0 aliphatic rings. The normalized spacial score (nSPS) is 12.9. The van der Waals surface area contributed by atoms with E-state index in [1.165, 1.54) is 38.2 Å². The van der Waals surface area contributed by atoms with Gasteiger partial charge < -0.3 is 4.74 Å². The molecule has 2 aromatic heterocycles. The summed E-state index contributed by atoms with van der Waals surface area (Å²) in [6, 6.07) is 2.53. The van der Waals surface area contributed by atoms with Gasteiger partial charge in [-0.1, -0.05) is 29.0 Å². The number of hydrogen-bond acceptors (Lipinski definition) is 12. The summed E-state index contributed by atoms with van der Waals surface area (Å²) in [5.41, 5.74) is 0.127. The molecule has 0 bridgehead atoms. The molecule has 0 fully saturated rings. The molecule has 0 saturated heterocycles. The molecule has 1 atom stereocenters. The van der Waals surface area contributed by atoms with Crippen molar-refractivity contribution in [2.75, 3.05) is 28.4 Å². The molecule has 2 heterocycles. The number of nitrogens with zero attached hydrogens (tertiary/aromatic N) is 3.